The number of halogens is 3. The molecule has 2 rings (SSSR count). The quantitative estimate of drug-likeness (QED) is 0.876. The average molecular weight is 317 g/mol. The molecule has 0 aliphatic heterocycles. The molecule has 1 saturated carbocycles. The van der Waals surface area contributed by atoms with Gasteiger partial charge in [0.05, 0.1) is 13.2 Å². The summed E-state index contributed by atoms with van der Waals surface area (Å²) in [4.78, 5) is 11.7. The van der Waals surface area contributed by atoms with Crippen molar-refractivity contribution in [3.8, 4) is 11.5 Å². The van der Waals surface area contributed by atoms with E-state index in [2.05, 4.69) is 5.32 Å². The van der Waals surface area contributed by atoms with E-state index in [0.29, 0.717) is 0 Å². The summed E-state index contributed by atoms with van der Waals surface area (Å²) in [6.07, 6.45) is -2.59. The van der Waals surface area contributed by atoms with E-state index in [4.69, 9.17) is 9.47 Å². The summed E-state index contributed by atoms with van der Waals surface area (Å²) in [5.74, 6) is 0.321. The maximum Gasteiger partial charge on any atom is 0.422 e. The molecule has 0 spiro atoms. The fourth-order valence-corrected chi connectivity index (χ4v) is 1.99. The Morgan fingerprint density at radius 1 is 1.36 bits per heavy atom. The van der Waals surface area contributed by atoms with Crippen molar-refractivity contribution < 1.29 is 27.4 Å². The molecule has 1 aromatic rings. The number of alkyl halides is 3. The standard InChI is InChI=1S/C15H18F3NO3/c1-9(19-14(20)10-3-4-10)11-5-6-12(13(7-11)21-2)22-8-15(16,17)18/h5-7,9-10H,3-4,8H2,1-2H3,(H,19,20)/t9-/m0/s1. The van der Waals surface area contributed by atoms with Crippen molar-refractivity contribution in [2.24, 2.45) is 5.92 Å². The second-order valence-electron chi connectivity index (χ2n) is 5.32. The highest BCUT2D eigenvalue weighted by atomic mass is 19.4. The van der Waals surface area contributed by atoms with Gasteiger partial charge in [-0.05, 0) is 37.5 Å². The topological polar surface area (TPSA) is 47.6 Å². The first-order chi connectivity index (χ1) is 10.3. The molecule has 22 heavy (non-hydrogen) atoms. The van der Waals surface area contributed by atoms with Crippen LogP contribution in [0.5, 0.6) is 11.5 Å². The summed E-state index contributed by atoms with van der Waals surface area (Å²) in [6.45, 7) is 0.433. The van der Waals surface area contributed by atoms with Crippen molar-refractivity contribution in [1.82, 2.24) is 5.32 Å². The first kappa shape index (κ1) is 16.5. The van der Waals surface area contributed by atoms with Gasteiger partial charge < -0.3 is 14.8 Å². The minimum Gasteiger partial charge on any atom is -0.493 e. The van der Waals surface area contributed by atoms with Crippen LogP contribution in [0.1, 0.15) is 31.4 Å². The van der Waals surface area contributed by atoms with Gasteiger partial charge in [-0.2, -0.15) is 13.2 Å². The smallest absolute Gasteiger partial charge is 0.422 e. The van der Waals surface area contributed by atoms with Crippen LogP contribution in [0.3, 0.4) is 0 Å². The maximum absolute atomic E-state index is 12.2. The molecule has 1 aliphatic carbocycles. The Balaban J connectivity index is 2.05. The molecule has 0 bridgehead atoms. The molecule has 1 N–H and O–H groups in total. The molecule has 0 saturated heterocycles. The zero-order valence-electron chi connectivity index (χ0n) is 12.4. The molecule has 1 aromatic carbocycles. The van der Waals surface area contributed by atoms with Gasteiger partial charge in [0.1, 0.15) is 0 Å². The van der Waals surface area contributed by atoms with Gasteiger partial charge in [0.25, 0.3) is 0 Å². The molecular weight excluding hydrogens is 299 g/mol. The first-order valence-corrected chi connectivity index (χ1v) is 6.98. The van der Waals surface area contributed by atoms with Crippen LogP contribution < -0.4 is 14.8 Å². The third kappa shape index (κ3) is 4.54. The molecule has 0 heterocycles. The van der Waals surface area contributed by atoms with Crippen LogP contribution in [0.4, 0.5) is 13.2 Å². The van der Waals surface area contributed by atoms with Gasteiger partial charge in [0.15, 0.2) is 18.1 Å². The number of hydrogen-bond donors (Lipinski definition) is 1. The highest BCUT2D eigenvalue weighted by Crippen LogP contribution is 2.33. The molecule has 7 heteroatoms. The molecule has 1 aliphatic rings. The average Bonchev–Trinajstić information content (AvgIpc) is 3.28. The van der Waals surface area contributed by atoms with Gasteiger partial charge in [-0.15, -0.1) is 0 Å². The first-order valence-electron chi connectivity index (χ1n) is 6.98. The lowest BCUT2D eigenvalue weighted by molar-refractivity contribution is -0.153. The minimum absolute atomic E-state index is 0.00358. The number of methoxy groups -OCH3 is 1. The molecular formula is C15H18F3NO3. The highest BCUT2D eigenvalue weighted by molar-refractivity contribution is 5.81. The van der Waals surface area contributed by atoms with E-state index in [9.17, 15) is 18.0 Å². The number of nitrogens with one attached hydrogen (secondary N) is 1. The van der Waals surface area contributed by atoms with Crippen LogP contribution in [-0.2, 0) is 4.79 Å². The molecule has 1 amide bonds. The summed E-state index contributed by atoms with van der Waals surface area (Å²) in [6, 6.07) is 4.36. The summed E-state index contributed by atoms with van der Waals surface area (Å²) in [5, 5.41) is 2.87. The maximum atomic E-state index is 12.2. The Morgan fingerprint density at radius 3 is 2.59 bits per heavy atom. The summed E-state index contributed by atoms with van der Waals surface area (Å²) >= 11 is 0. The number of hydrogen-bond acceptors (Lipinski definition) is 3. The van der Waals surface area contributed by atoms with Crippen molar-refractivity contribution in [3.63, 3.8) is 0 Å². The second kappa shape index (κ2) is 6.46. The molecule has 1 fully saturated rings. The number of benzene rings is 1. The van der Waals surface area contributed by atoms with Gasteiger partial charge in [0, 0.05) is 5.92 Å². The fourth-order valence-electron chi connectivity index (χ4n) is 1.99. The monoisotopic (exact) mass is 317 g/mol. The number of rotatable bonds is 6. The SMILES string of the molecule is COc1cc([C@H](C)NC(=O)C2CC2)ccc1OCC(F)(F)F. The van der Waals surface area contributed by atoms with Crippen LogP contribution in [0, 0.1) is 5.92 Å². The lowest BCUT2D eigenvalue weighted by Gasteiger charge is -2.17. The van der Waals surface area contributed by atoms with E-state index in [0.717, 1.165) is 18.4 Å². The van der Waals surface area contributed by atoms with Crippen LogP contribution in [-0.4, -0.2) is 25.8 Å². The van der Waals surface area contributed by atoms with Crippen molar-refractivity contribution in [2.75, 3.05) is 13.7 Å². The Labute approximate surface area is 126 Å². The predicted octanol–water partition coefficient (Wildman–Crippen LogP) is 3.22. The van der Waals surface area contributed by atoms with Crippen molar-refractivity contribution in [2.45, 2.75) is 32.0 Å². The minimum atomic E-state index is -4.41. The Kier molecular flexibility index (Phi) is 4.83. The van der Waals surface area contributed by atoms with E-state index < -0.39 is 12.8 Å². The zero-order valence-corrected chi connectivity index (χ0v) is 12.4. The third-order valence-electron chi connectivity index (χ3n) is 3.39. The molecule has 0 unspecified atom stereocenters. The van der Waals surface area contributed by atoms with Gasteiger partial charge in [-0.1, -0.05) is 6.07 Å². The second-order valence-corrected chi connectivity index (χ2v) is 5.32. The van der Waals surface area contributed by atoms with E-state index in [-0.39, 0.29) is 29.4 Å². The molecule has 4 nitrogen and oxygen atoms in total. The van der Waals surface area contributed by atoms with Crippen LogP contribution >= 0.6 is 0 Å². The summed E-state index contributed by atoms with van der Waals surface area (Å²) in [5.41, 5.74) is 0.741. The Hall–Kier alpha value is -1.92. The van der Waals surface area contributed by atoms with E-state index >= 15 is 0 Å². The van der Waals surface area contributed by atoms with Gasteiger partial charge in [-0.25, -0.2) is 0 Å². The van der Waals surface area contributed by atoms with Crippen molar-refractivity contribution in [1.29, 1.82) is 0 Å². The van der Waals surface area contributed by atoms with Crippen molar-refractivity contribution >= 4 is 5.91 Å². The lowest BCUT2D eigenvalue weighted by Crippen LogP contribution is -2.27. The number of ether oxygens (including phenoxy) is 2. The number of amides is 1. The summed E-state index contributed by atoms with van der Waals surface area (Å²) in [7, 11) is 1.35. The third-order valence-corrected chi connectivity index (χ3v) is 3.39. The Bertz CT molecular complexity index is 541. The molecule has 0 radical (unpaired) electrons. The van der Waals surface area contributed by atoms with Crippen LogP contribution in [0.25, 0.3) is 0 Å². The summed E-state index contributed by atoms with van der Waals surface area (Å²) < 4.78 is 46.4. The number of carbonyl (C=O) groups excluding carboxylic acids is 1. The van der Waals surface area contributed by atoms with Gasteiger partial charge in [0.2, 0.25) is 5.91 Å². The molecule has 122 valence electrons. The number of carbonyl (C=O) groups is 1. The van der Waals surface area contributed by atoms with Gasteiger partial charge in [-0.3, -0.25) is 4.79 Å². The fraction of sp³-hybridized carbons (Fsp3) is 0.533. The lowest BCUT2D eigenvalue weighted by atomic mass is 10.1. The molecule has 1 atom stereocenters. The Morgan fingerprint density at radius 2 is 2.05 bits per heavy atom. The van der Waals surface area contributed by atoms with E-state index in [1.165, 1.54) is 13.2 Å². The zero-order chi connectivity index (χ0) is 16.3. The van der Waals surface area contributed by atoms with Gasteiger partial charge >= 0.3 is 6.18 Å². The van der Waals surface area contributed by atoms with Crippen LogP contribution in [0.15, 0.2) is 18.2 Å². The molecule has 0 aromatic heterocycles. The predicted molar refractivity (Wildman–Crippen MR) is 73.8 cm³/mol. The largest absolute Gasteiger partial charge is 0.493 e. The van der Waals surface area contributed by atoms with E-state index in [1.807, 2.05) is 6.92 Å². The highest BCUT2D eigenvalue weighted by Gasteiger charge is 2.31. The van der Waals surface area contributed by atoms with E-state index in [1.54, 1.807) is 12.1 Å². The van der Waals surface area contributed by atoms with Crippen molar-refractivity contribution in [3.05, 3.63) is 23.8 Å². The van der Waals surface area contributed by atoms with Crippen LogP contribution in [0.2, 0.25) is 0 Å². The normalized spacial score (nSPS) is 16.0.